The summed E-state index contributed by atoms with van der Waals surface area (Å²) in [5, 5.41) is 3.12. The Morgan fingerprint density at radius 1 is 1.39 bits per heavy atom. The van der Waals surface area contributed by atoms with Crippen LogP contribution in [0.3, 0.4) is 0 Å². The van der Waals surface area contributed by atoms with Gasteiger partial charge in [0.25, 0.3) is 0 Å². The standard InChI is InChI=1S/C14H18FN3/c1-11-7-13(15)4-3-12(11)5-6-18-10-17-9-14(18)8-16-2/h3-4,7,9-10,16H,5-6,8H2,1-2H3. The van der Waals surface area contributed by atoms with Crippen molar-refractivity contribution in [2.24, 2.45) is 0 Å². The Kier molecular flexibility index (Phi) is 4.10. The molecule has 2 rings (SSSR count). The second-order valence-corrected chi connectivity index (χ2v) is 4.43. The molecule has 0 atom stereocenters. The van der Waals surface area contributed by atoms with E-state index in [0.29, 0.717) is 0 Å². The number of hydrogen-bond donors (Lipinski definition) is 1. The maximum absolute atomic E-state index is 13.0. The molecule has 2 aromatic rings. The maximum Gasteiger partial charge on any atom is 0.123 e. The molecule has 1 heterocycles. The summed E-state index contributed by atoms with van der Waals surface area (Å²) in [6, 6.07) is 4.96. The lowest BCUT2D eigenvalue weighted by atomic mass is 10.1. The largest absolute Gasteiger partial charge is 0.333 e. The number of hydrogen-bond acceptors (Lipinski definition) is 2. The molecular formula is C14H18FN3. The summed E-state index contributed by atoms with van der Waals surface area (Å²) >= 11 is 0. The second-order valence-electron chi connectivity index (χ2n) is 4.43. The van der Waals surface area contributed by atoms with Gasteiger partial charge in [0.15, 0.2) is 0 Å². The third-order valence-corrected chi connectivity index (χ3v) is 3.08. The third kappa shape index (κ3) is 2.96. The highest BCUT2D eigenvalue weighted by Gasteiger charge is 2.03. The van der Waals surface area contributed by atoms with Crippen LogP contribution in [0.2, 0.25) is 0 Å². The summed E-state index contributed by atoms with van der Waals surface area (Å²) in [4.78, 5) is 4.15. The topological polar surface area (TPSA) is 29.9 Å². The van der Waals surface area contributed by atoms with Crippen molar-refractivity contribution in [1.82, 2.24) is 14.9 Å². The van der Waals surface area contributed by atoms with E-state index in [1.807, 2.05) is 32.6 Å². The summed E-state index contributed by atoms with van der Waals surface area (Å²) in [5.74, 6) is -0.172. The normalized spacial score (nSPS) is 10.8. The highest BCUT2D eigenvalue weighted by atomic mass is 19.1. The Hall–Kier alpha value is -1.68. The number of benzene rings is 1. The van der Waals surface area contributed by atoms with E-state index in [2.05, 4.69) is 14.9 Å². The van der Waals surface area contributed by atoms with Crippen LogP contribution >= 0.6 is 0 Å². The first kappa shape index (κ1) is 12.8. The van der Waals surface area contributed by atoms with Gasteiger partial charge in [-0.05, 0) is 43.7 Å². The van der Waals surface area contributed by atoms with Gasteiger partial charge >= 0.3 is 0 Å². The van der Waals surface area contributed by atoms with E-state index in [9.17, 15) is 4.39 Å². The van der Waals surface area contributed by atoms with Crippen molar-refractivity contribution in [2.75, 3.05) is 7.05 Å². The second kappa shape index (κ2) is 5.78. The highest BCUT2D eigenvalue weighted by Crippen LogP contribution is 2.12. The molecule has 0 fully saturated rings. The molecule has 18 heavy (non-hydrogen) atoms. The molecule has 0 saturated carbocycles. The minimum absolute atomic E-state index is 0.172. The Morgan fingerprint density at radius 3 is 2.94 bits per heavy atom. The average molecular weight is 247 g/mol. The lowest BCUT2D eigenvalue weighted by Crippen LogP contribution is -2.12. The third-order valence-electron chi connectivity index (χ3n) is 3.08. The number of imidazole rings is 1. The maximum atomic E-state index is 13.0. The molecule has 0 aliphatic heterocycles. The van der Waals surface area contributed by atoms with Gasteiger partial charge in [-0.3, -0.25) is 0 Å². The van der Waals surface area contributed by atoms with Crippen molar-refractivity contribution in [2.45, 2.75) is 26.4 Å². The zero-order valence-corrected chi connectivity index (χ0v) is 10.8. The summed E-state index contributed by atoms with van der Waals surface area (Å²) in [6.45, 7) is 3.62. The van der Waals surface area contributed by atoms with Gasteiger partial charge in [-0.25, -0.2) is 9.37 Å². The van der Waals surface area contributed by atoms with Crippen LogP contribution in [-0.2, 0) is 19.5 Å². The smallest absolute Gasteiger partial charge is 0.123 e. The van der Waals surface area contributed by atoms with Gasteiger partial charge in [0, 0.05) is 19.3 Å². The van der Waals surface area contributed by atoms with Crippen LogP contribution in [0.1, 0.15) is 16.8 Å². The molecule has 0 unspecified atom stereocenters. The molecule has 4 heteroatoms. The zero-order valence-electron chi connectivity index (χ0n) is 10.8. The van der Waals surface area contributed by atoms with Crippen molar-refractivity contribution >= 4 is 0 Å². The molecule has 1 aromatic carbocycles. The Morgan fingerprint density at radius 2 is 2.22 bits per heavy atom. The average Bonchev–Trinajstić information content (AvgIpc) is 2.76. The number of aromatic nitrogens is 2. The van der Waals surface area contributed by atoms with E-state index >= 15 is 0 Å². The fraction of sp³-hybridized carbons (Fsp3) is 0.357. The molecular weight excluding hydrogens is 229 g/mol. The number of aryl methyl sites for hydroxylation is 3. The first-order valence-corrected chi connectivity index (χ1v) is 6.09. The van der Waals surface area contributed by atoms with Crippen LogP contribution in [0.25, 0.3) is 0 Å². The predicted molar refractivity (Wildman–Crippen MR) is 69.8 cm³/mol. The molecule has 3 nitrogen and oxygen atoms in total. The van der Waals surface area contributed by atoms with Gasteiger partial charge in [0.1, 0.15) is 5.82 Å². The van der Waals surface area contributed by atoms with Gasteiger partial charge in [-0.15, -0.1) is 0 Å². The van der Waals surface area contributed by atoms with Crippen molar-refractivity contribution in [3.05, 3.63) is 53.4 Å². The fourth-order valence-electron chi connectivity index (χ4n) is 2.06. The van der Waals surface area contributed by atoms with Crippen LogP contribution < -0.4 is 5.32 Å². The van der Waals surface area contributed by atoms with Gasteiger partial charge < -0.3 is 9.88 Å². The summed E-state index contributed by atoms with van der Waals surface area (Å²) in [7, 11) is 1.92. The van der Waals surface area contributed by atoms with E-state index in [1.165, 1.54) is 11.6 Å². The Labute approximate surface area is 107 Å². The minimum Gasteiger partial charge on any atom is -0.333 e. The van der Waals surface area contributed by atoms with E-state index in [0.717, 1.165) is 30.8 Å². The van der Waals surface area contributed by atoms with Crippen LogP contribution in [0.5, 0.6) is 0 Å². The fourth-order valence-corrected chi connectivity index (χ4v) is 2.06. The van der Waals surface area contributed by atoms with Crippen LogP contribution in [-0.4, -0.2) is 16.6 Å². The quantitative estimate of drug-likeness (QED) is 0.878. The molecule has 0 saturated heterocycles. The number of nitrogens with zero attached hydrogens (tertiary/aromatic N) is 2. The molecule has 96 valence electrons. The molecule has 0 spiro atoms. The Balaban J connectivity index is 2.04. The van der Waals surface area contributed by atoms with Crippen LogP contribution in [0.4, 0.5) is 4.39 Å². The van der Waals surface area contributed by atoms with E-state index in [4.69, 9.17) is 0 Å². The molecule has 0 radical (unpaired) electrons. The zero-order chi connectivity index (χ0) is 13.0. The van der Waals surface area contributed by atoms with Crippen molar-refractivity contribution < 1.29 is 4.39 Å². The summed E-state index contributed by atoms with van der Waals surface area (Å²) in [5.41, 5.74) is 3.35. The highest BCUT2D eigenvalue weighted by molar-refractivity contribution is 5.26. The predicted octanol–water partition coefficient (Wildman–Crippen LogP) is 2.29. The molecule has 0 aliphatic rings. The van der Waals surface area contributed by atoms with Gasteiger partial charge in [0.2, 0.25) is 0 Å². The molecule has 0 bridgehead atoms. The molecule has 0 aliphatic carbocycles. The van der Waals surface area contributed by atoms with Crippen molar-refractivity contribution in [3.8, 4) is 0 Å². The SMILES string of the molecule is CNCc1cncn1CCc1ccc(F)cc1C. The summed E-state index contributed by atoms with van der Waals surface area (Å²) in [6.07, 6.45) is 4.60. The monoisotopic (exact) mass is 247 g/mol. The molecule has 1 aromatic heterocycles. The molecule has 1 N–H and O–H groups in total. The van der Waals surface area contributed by atoms with Crippen LogP contribution in [0, 0.1) is 12.7 Å². The van der Waals surface area contributed by atoms with Crippen molar-refractivity contribution in [3.63, 3.8) is 0 Å². The van der Waals surface area contributed by atoms with E-state index in [-0.39, 0.29) is 5.82 Å². The summed E-state index contributed by atoms with van der Waals surface area (Å²) < 4.78 is 15.1. The molecule has 0 amide bonds. The van der Waals surface area contributed by atoms with Gasteiger partial charge in [-0.2, -0.15) is 0 Å². The van der Waals surface area contributed by atoms with E-state index in [1.54, 1.807) is 6.07 Å². The van der Waals surface area contributed by atoms with Gasteiger partial charge in [0.05, 0.1) is 12.0 Å². The number of nitrogens with one attached hydrogen (secondary N) is 1. The van der Waals surface area contributed by atoms with E-state index < -0.39 is 0 Å². The minimum atomic E-state index is -0.172. The number of halogens is 1. The Bertz CT molecular complexity index is 520. The first-order valence-electron chi connectivity index (χ1n) is 6.09. The first-order chi connectivity index (χ1) is 8.70. The van der Waals surface area contributed by atoms with Crippen LogP contribution in [0.15, 0.2) is 30.7 Å². The van der Waals surface area contributed by atoms with Gasteiger partial charge in [-0.1, -0.05) is 6.07 Å². The van der Waals surface area contributed by atoms with Crippen molar-refractivity contribution in [1.29, 1.82) is 0 Å². The number of rotatable bonds is 5. The lowest BCUT2D eigenvalue weighted by molar-refractivity contribution is 0.619. The lowest BCUT2D eigenvalue weighted by Gasteiger charge is -2.09.